The monoisotopic (exact) mass is 494 g/mol. The van der Waals surface area contributed by atoms with Gasteiger partial charge in [0.25, 0.3) is 11.8 Å². The van der Waals surface area contributed by atoms with Crippen LogP contribution >= 0.6 is 0 Å². The Labute approximate surface area is 203 Å². The first-order valence-electron chi connectivity index (χ1n) is 12.4. The number of imide groups is 2. The number of carbonyl (C=O) groups excluding carboxylic acids is 4. The molecule has 0 N–H and O–H groups in total. The second kappa shape index (κ2) is 7.30. The molecule has 192 valence electrons. The van der Waals surface area contributed by atoms with Crippen LogP contribution in [0.3, 0.4) is 0 Å². The maximum Gasteiger partial charge on any atom is 0.431 e. The number of ether oxygens (including phenoxy) is 4. The average molecular weight is 495 g/mol. The highest BCUT2D eigenvalue weighted by atomic mass is 16.6. The highest BCUT2D eigenvalue weighted by Crippen LogP contribution is 2.46. The summed E-state index contributed by atoms with van der Waals surface area (Å²) in [7, 11) is 0. The zero-order valence-electron chi connectivity index (χ0n) is 20.7. The molecule has 0 aromatic heterocycles. The van der Waals surface area contributed by atoms with Gasteiger partial charge >= 0.3 is 12.1 Å². The van der Waals surface area contributed by atoms with Crippen LogP contribution in [0, 0.1) is 0 Å². The molecule has 6 heterocycles. The maximum atomic E-state index is 14.2. The number of hydrogen-bond donors (Lipinski definition) is 0. The largest absolute Gasteiger partial charge is 0.431 e. The third-order valence-corrected chi connectivity index (χ3v) is 8.77. The predicted molar refractivity (Wildman–Crippen MR) is 116 cm³/mol. The van der Waals surface area contributed by atoms with Crippen molar-refractivity contribution in [1.29, 1.82) is 0 Å². The quantitative estimate of drug-likeness (QED) is 0.229. The molecular weight excluding hydrogens is 460 g/mol. The van der Waals surface area contributed by atoms with Gasteiger partial charge < -0.3 is 18.9 Å². The van der Waals surface area contributed by atoms with Crippen LogP contribution in [0.15, 0.2) is 0 Å². The Morgan fingerprint density at radius 3 is 1.26 bits per heavy atom. The van der Waals surface area contributed by atoms with E-state index in [1.54, 1.807) is 27.7 Å². The van der Waals surface area contributed by atoms with E-state index in [4.69, 9.17) is 18.9 Å². The van der Waals surface area contributed by atoms with Gasteiger partial charge in [-0.05, 0) is 0 Å². The van der Waals surface area contributed by atoms with Crippen LogP contribution in [-0.2, 0) is 28.5 Å². The predicted octanol–water partition coefficient (Wildman–Crippen LogP) is -0.346. The Bertz CT molecular complexity index is 921. The minimum Gasteiger partial charge on any atom is -0.371 e. The summed E-state index contributed by atoms with van der Waals surface area (Å²) in [6, 6.07) is -0.722. The molecule has 35 heavy (non-hydrogen) atoms. The normalized spacial score (nSPS) is 42.7. The molecule has 0 bridgehead atoms. The fraction of sp³-hybridized carbons (Fsp3) is 0.826. The number of quaternary nitrogens is 2. The minimum atomic E-state index is -1.15. The molecule has 12 heteroatoms. The zero-order valence-corrected chi connectivity index (χ0v) is 20.7. The number of epoxide rings is 4. The van der Waals surface area contributed by atoms with Gasteiger partial charge in [-0.25, -0.2) is 19.4 Å². The van der Waals surface area contributed by atoms with Crippen LogP contribution in [0.25, 0.3) is 0 Å². The van der Waals surface area contributed by atoms with Crippen molar-refractivity contribution in [2.45, 2.75) is 63.2 Å². The summed E-state index contributed by atoms with van der Waals surface area (Å²) in [4.78, 5) is 58.2. The van der Waals surface area contributed by atoms with E-state index in [0.29, 0.717) is 26.4 Å². The summed E-state index contributed by atoms with van der Waals surface area (Å²) in [6.07, 6.45) is -0.681. The van der Waals surface area contributed by atoms with Gasteiger partial charge in [0.05, 0.1) is 51.7 Å². The average Bonchev–Trinajstić information content (AvgIpc) is 3.61. The molecule has 6 amide bonds. The summed E-state index contributed by atoms with van der Waals surface area (Å²) in [6.45, 7) is 9.95. The first-order valence-corrected chi connectivity index (χ1v) is 12.4. The number of nitrogens with zero attached hydrogens (tertiary/aromatic N) is 4. The molecule has 12 nitrogen and oxygen atoms in total. The van der Waals surface area contributed by atoms with Gasteiger partial charge in [0, 0.05) is 27.7 Å². The van der Waals surface area contributed by atoms with Crippen LogP contribution in [0.2, 0.25) is 0 Å². The fourth-order valence-corrected chi connectivity index (χ4v) is 5.87. The molecule has 0 aromatic rings. The lowest BCUT2D eigenvalue weighted by Gasteiger charge is -2.47. The van der Waals surface area contributed by atoms with E-state index in [1.165, 1.54) is 9.80 Å². The molecule has 6 fully saturated rings. The molecule has 6 aliphatic heterocycles. The van der Waals surface area contributed by atoms with E-state index < -0.39 is 11.1 Å². The number of hydrogen-bond acceptors (Lipinski definition) is 8. The first-order chi connectivity index (χ1) is 16.4. The van der Waals surface area contributed by atoms with Crippen LogP contribution in [0.1, 0.15) is 27.7 Å². The van der Waals surface area contributed by atoms with E-state index in [1.807, 2.05) is 0 Å². The van der Waals surface area contributed by atoms with Crippen molar-refractivity contribution in [3.05, 3.63) is 0 Å². The second-order valence-electron chi connectivity index (χ2n) is 11.8. The van der Waals surface area contributed by atoms with Crippen molar-refractivity contribution in [2.75, 3.05) is 59.3 Å². The third kappa shape index (κ3) is 3.41. The Morgan fingerprint density at radius 1 is 0.657 bits per heavy atom. The lowest BCUT2D eigenvalue weighted by Crippen LogP contribution is -2.76. The SMILES string of the molecule is CC1(C)C(=O)N(CC2CO2)C(=O)[N+]1(CC1CO1)C[N+]1(CC2CO2)C(=O)N(CC2CO2)C(=O)C1(C)C. The van der Waals surface area contributed by atoms with E-state index in [0.717, 1.165) is 0 Å². The van der Waals surface area contributed by atoms with Crippen molar-refractivity contribution in [1.82, 2.24) is 9.80 Å². The van der Waals surface area contributed by atoms with Gasteiger partial charge in [-0.15, -0.1) is 0 Å². The highest BCUT2D eigenvalue weighted by molar-refractivity contribution is 6.03. The van der Waals surface area contributed by atoms with Crippen molar-refractivity contribution < 1.29 is 47.1 Å². The first kappa shape index (κ1) is 23.4. The molecule has 6 unspecified atom stereocenters. The van der Waals surface area contributed by atoms with Crippen LogP contribution < -0.4 is 0 Å². The summed E-state index contributed by atoms with van der Waals surface area (Å²) < 4.78 is 21.1. The smallest absolute Gasteiger partial charge is 0.371 e. The Hall–Kier alpha value is -1.96. The number of amides is 6. The molecule has 6 saturated heterocycles. The summed E-state index contributed by atoms with van der Waals surface area (Å²) in [5, 5.41) is 0. The molecule has 0 spiro atoms. The van der Waals surface area contributed by atoms with Gasteiger partial charge in [0.2, 0.25) is 6.67 Å². The topological polar surface area (TPSA) is 125 Å². The van der Waals surface area contributed by atoms with E-state index in [9.17, 15) is 19.2 Å². The highest BCUT2D eigenvalue weighted by Gasteiger charge is 2.76. The Morgan fingerprint density at radius 2 is 0.971 bits per heavy atom. The van der Waals surface area contributed by atoms with Crippen molar-refractivity contribution in [3.63, 3.8) is 0 Å². The van der Waals surface area contributed by atoms with Gasteiger partial charge in [-0.1, -0.05) is 0 Å². The Balaban J connectivity index is 1.44. The van der Waals surface area contributed by atoms with Gasteiger partial charge in [-0.2, -0.15) is 8.97 Å². The number of rotatable bonds is 10. The molecule has 0 radical (unpaired) electrons. The third-order valence-electron chi connectivity index (χ3n) is 8.77. The van der Waals surface area contributed by atoms with E-state index in [2.05, 4.69) is 0 Å². The molecule has 6 rings (SSSR count). The Kier molecular flexibility index (Phi) is 4.89. The van der Waals surface area contributed by atoms with Crippen LogP contribution in [0.5, 0.6) is 0 Å². The lowest BCUT2D eigenvalue weighted by atomic mass is 9.96. The summed E-state index contributed by atoms with van der Waals surface area (Å²) >= 11 is 0. The van der Waals surface area contributed by atoms with Crippen molar-refractivity contribution in [2.24, 2.45) is 0 Å². The van der Waals surface area contributed by atoms with E-state index >= 15 is 0 Å². The molecule has 6 atom stereocenters. The van der Waals surface area contributed by atoms with E-state index in [-0.39, 0.29) is 90.1 Å². The molecular formula is C23H34N4O8+2. The lowest BCUT2D eigenvalue weighted by molar-refractivity contribution is -1.06. The maximum absolute atomic E-state index is 14.2. The van der Waals surface area contributed by atoms with Gasteiger partial charge in [-0.3, -0.25) is 9.59 Å². The molecule has 0 saturated carbocycles. The fourth-order valence-electron chi connectivity index (χ4n) is 5.87. The van der Waals surface area contributed by atoms with Crippen molar-refractivity contribution in [3.8, 4) is 0 Å². The molecule has 0 aliphatic carbocycles. The minimum absolute atomic E-state index is 0.0289. The van der Waals surface area contributed by atoms with Gasteiger partial charge in [0.15, 0.2) is 11.1 Å². The summed E-state index contributed by atoms with van der Waals surface area (Å²) in [5.74, 6) is -0.586. The van der Waals surface area contributed by atoms with Gasteiger partial charge in [0.1, 0.15) is 25.3 Å². The summed E-state index contributed by atoms with van der Waals surface area (Å²) in [5.41, 5.74) is -2.31. The number of carbonyl (C=O) groups is 4. The number of urea groups is 2. The van der Waals surface area contributed by atoms with Crippen LogP contribution in [-0.4, -0.2) is 137 Å². The second-order valence-corrected chi connectivity index (χ2v) is 11.8. The van der Waals surface area contributed by atoms with Crippen molar-refractivity contribution >= 4 is 23.9 Å². The zero-order chi connectivity index (χ0) is 25.0. The van der Waals surface area contributed by atoms with Crippen LogP contribution in [0.4, 0.5) is 9.59 Å². The molecule has 6 aliphatic rings. The molecule has 0 aromatic carbocycles. The standard InChI is InChI=1S/C23H34N4O8/c1-22(2)18(28)24(5-14-9-32-14)20(30)26(22,7-16-11-34-16)13-27(8-17-12-35-17)21(31)25(6-15-10-33-15)19(29)23(27,3)4/h14-17H,5-13H2,1-4H3/q+2.